The van der Waals surface area contributed by atoms with Gasteiger partial charge in [-0.25, -0.2) is 9.97 Å². The summed E-state index contributed by atoms with van der Waals surface area (Å²) in [7, 11) is 6.18. The molecule has 1 aromatic rings. The lowest BCUT2D eigenvalue weighted by molar-refractivity contribution is 0.401. The van der Waals surface area contributed by atoms with Crippen molar-refractivity contribution >= 4 is 5.95 Å². The van der Waals surface area contributed by atoms with Crippen LogP contribution in [0.3, 0.4) is 0 Å². The van der Waals surface area contributed by atoms with Crippen molar-refractivity contribution in [2.24, 2.45) is 0 Å². The molecule has 0 unspecified atom stereocenters. The Morgan fingerprint density at radius 3 is 2.29 bits per heavy atom. The van der Waals surface area contributed by atoms with Crippen LogP contribution in [0.15, 0.2) is 18.5 Å². The third kappa shape index (κ3) is 3.70. The standard InChI is InChI=1S/C10H18N4/c1-13(2)8-5-9-14(3)10-11-6-4-7-12-10/h4,6-7H,5,8-9H2,1-3H3. The zero-order valence-electron chi connectivity index (χ0n) is 9.14. The number of nitrogens with zero attached hydrogens (tertiary/aromatic N) is 4. The predicted molar refractivity (Wildman–Crippen MR) is 58.5 cm³/mol. The average molecular weight is 194 g/mol. The lowest BCUT2D eigenvalue weighted by atomic mass is 10.4. The van der Waals surface area contributed by atoms with Gasteiger partial charge in [0, 0.05) is 26.0 Å². The monoisotopic (exact) mass is 194 g/mol. The van der Waals surface area contributed by atoms with Gasteiger partial charge in [-0.2, -0.15) is 0 Å². The van der Waals surface area contributed by atoms with Gasteiger partial charge in [0.1, 0.15) is 0 Å². The van der Waals surface area contributed by atoms with Crippen LogP contribution < -0.4 is 4.90 Å². The van der Waals surface area contributed by atoms with Crippen LogP contribution in [0.4, 0.5) is 5.95 Å². The van der Waals surface area contributed by atoms with E-state index in [9.17, 15) is 0 Å². The molecule has 0 atom stereocenters. The molecule has 0 radical (unpaired) electrons. The van der Waals surface area contributed by atoms with Crippen LogP contribution in [-0.4, -0.2) is 49.1 Å². The summed E-state index contributed by atoms with van der Waals surface area (Å²) in [6.07, 6.45) is 4.66. The fourth-order valence-corrected chi connectivity index (χ4v) is 1.21. The Kier molecular flexibility index (Phi) is 4.32. The Morgan fingerprint density at radius 2 is 1.71 bits per heavy atom. The number of anilines is 1. The van der Waals surface area contributed by atoms with Gasteiger partial charge in [-0.3, -0.25) is 0 Å². The summed E-state index contributed by atoms with van der Waals surface area (Å²) in [5.74, 6) is 0.797. The van der Waals surface area contributed by atoms with Crippen LogP contribution in [0, 0.1) is 0 Å². The second-order valence-corrected chi connectivity index (χ2v) is 3.63. The molecule has 0 aliphatic heterocycles. The second kappa shape index (κ2) is 5.54. The van der Waals surface area contributed by atoms with E-state index in [1.165, 1.54) is 0 Å². The highest BCUT2D eigenvalue weighted by atomic mass is 15.2. The van der Waals surface area contributed by atoms with Gasteiger partial charge in [-0.1, -0.05) is 0 Å². The molecule has 0 saturated carbocycles. The van der Waals surface area contributed by atoms with Crippen molar-refractivity contribution in [1.82, 2.24) is 14.9 Å². The summed E-state index contributed by atoms with van der Waals surface area (Å²) >= 11 is 0. The van der Waals surface area contributed by atoms with Crippen LogP contribution in [0.2, 0.25) is 0 Å². The van der Waals surface area contributed by atoms with Crippen molar-refractivity contribution in [3.8, 4) is 0 Å². The van der Waals surface area contributed by atoms with E-state index in [-0.39, 0.29) is 0 Å². The quantitative estimate of drug-likeness (QED) is 0.696. The van der Waals surface area contributed by atoms with Crippen molar-refractivity contribution in [2.45, 2.75) is 6.42 Å². The van der Waals surface area contributed by atoms with E-state index < -0.39 is 0 Å². The first-order valence-corrected chi connectivity index (χ1v) is 4.83. The highest BCUT2D eigenvalue weighted by Crippen LogP contribution is 2.02. The van der Waals surface area contributed by atoms with Gasteiger partial charge in [-0.05, 0) is 33.1 Å². The first-order chi connectivity index (χ1) is 6.70. The zero-order chi connectivity index (χ0) is 10.4. The molecule has 4 nitrogen and oxygen atoms in total. The maximum Gasteiger partial charge on any atom is 0.224 e. The van der Waals surface area contributed by atoms with Gasteiger partial charge in [0.15, 0.2) is 0 Å². The molecule has 0 bridgehead atoms. The van der Waals surface area contributed by atoms with E-state index in [2.05, 4.69) is 33.9 Å². The predicted octanol–water partition coefficient (Wildman–Crippen LogP) is 0.864. The number of hydrogen-bond donors (Lipinski definition) is 0. The maximum absolute atomic E-state index is 4.18. The van der Waals surface area contributed by atoms with E-state index in [0.29, 0.717) is 0 Å². The van der Waals surface area contributed by atoms with Crippen LogP contribution in [0.5, 0.6) is 0 Å². The van der Waals surface area contributed by atoms with Crippen molar-refractivity contribution in [1.29, 1.82) is 0 Å². The van der Waals surface area contributed by atoms with Crippen LogP contribution in [0.1, 0.15) is 6.42 Å². The normalized spacial score (nSPS) is 10.6. The molecule has 0 amide bonds. The summed E-state index contributed by atoms with van der Waals surface area (Å²) in [5.41, 5.74) is 0. The molecule has 0 aliphatic carbocycles. The van der Waals surface area contributed by atoms with Gasteiger partial charge in [0.25, 0.3) is 0 Å². The van der Waals surface area contributed by atoms with Crippen LogP contribution in [-0.2, 0) is 0 Å². The minimum Gasteiger partial charge on any atom is -0.344 e. The van der Waals surface area contributed by atoms with E-state index >= 15 is 0 Å². The number of rotatable bonds is 5. The minimum atomic E-state index is 0.797. The summed E-state index contributed by atoms with van der Waals surface area (Å²) in [6.45, 7) is 2.08. The summed E-state index contributed by atoms with van der Waals surface area (Å²) in [6, 6.07) is 1.83. The van der Waals surface area contributed by atoms with Crippen LogP contribution in [0.25, 0.3) is 0 Å². The van der Waals surface area contributed by atoms with Gasteiger partial charge in [0.05, 0.1) is 0 Å². The maximum atomic E-state index is 4.18. The van der Waals surface area contributed by atoms with Crippen molar-refractivity contribution in [3.63, 3.8) is 0 Å². The van der Waals surface area contributed by atoms with Crippen LogP contribution >= 0.6 is 0 Å². The van der Waals surface area contributed by atoms with Gasteiger partial charge in [-0.15, -0.1) is 0 Å². The number of aromatic nitrogens is 2. The summed E-state index contributed by atoms with van der Waals surface area (Å²) < 4.78 is 0. The lowest BCUT2D eigenvalue weighted by Crippen LogP contribution is -2.24. The van der Waals surface area contributed by atoms with E-state index in [4.69, 9.17) is 0 Å². The minimum absolute atomic E-state index is 0.797. The van der Waals surface area contributed by atoms with Gasteiger partial charge in [0.2, 0.25) is 5.95 Å². The zero-order valence-corrected chi connectivity index (χ0v) is 9.14. The van der Waals surface area contributed by atoms with Gasteiger partial charge >= 0.3 is 0 Å². The van der Waals surface area contributed by atoms with E-state index in [1.54, 1.807) is 12.4 Å². The first kappa shape index (κ1) is 10.9. The Balaban J connectivity index is 2.32. The molecule has 1 rings (SSSR count). The molecule has 14 heavy (non-hydrogen) atoms. The summed E-state index contributed by atoms with van der Waals surface area (Å²) in [5, 5.41) is 0. The first-order valence-electron chi connectivity index (χ1n) is 4.83. The Morgan fingerprint density at radius 1 is 1.07 bits per heavy atom. The molecule has 1 aromatic heterocycles. The average Bonchev–Trinajstić information content (AvgIpc) is 2.18. The third-order valence-corrected chi connectivity index (χ3v) is 1.99. The highest BCUT2D eigenvalue weighted by molar-refractivity contribution is 5.25. The van der Waals surface area contributed by atoms with Gasteiger partial charge < -0.3 is 9.80 Å². The third-order valence-electron chi connectivity index (χ3n) is 1.99. The number of hydrogen-bond acceptors (Lipinski definition) is 4. The SMILES string of the molecule is CN(C)CCCN(C)c1ncccn1. The molecule has 0 spiro atoms. The smallest absolute Gasteiger partial charge is 0.224 e. The molecule has 4 heteroatoms. The highest BCUT2D eigenvalue weighted by Gasteiger charge is 2.01. The second-order valence-electron chi connectivity index (χ2n) is 3.63. The molecule has 1 heterocycles. The molecular weight excluding hydrogens is 176 g/mol. The fraction of sp³-hybridized carbons (Fsp3) is 0.600. The fourth-order valence-electron chi connectivity index (χ4n) is 1.21. The van der Waals surface area contributed by atoms with Crippen molar-refractivity contribution < 1.29 is 0 Å². The van der Waals surface area contributed by atoms with Crippen molar-refractivity contribution in [3.05, 3.63) is 18.5 Å². The lowest BCUT2D eigenvalue weighted by Gasteiger charge is -2.17. The summed E-state index contributed by atoms with van der Waals surface area (Å²) in [4.78, 5) is 12.6. The Labute approximate surface area is 85.6 Å². The molecule has 0 fully saturated rings. The largest absolute Gasteiger partial charge is 0.344 e. The molecule has 0 aromatic carbocycles. The Hall–Kier alpha value is -1.16. The van der Waals surface area contributed by atoms with Crippen molar-refractivity contribution in [2.75, 3.05) is 39.1 Å². The topological polar surface area (TPSA) is 32.3 Å². The molecule has 0 N–H and O–H groups in total. The molecule has 0 aliphatic rings. The molecule has 0 saturated heterocycles. The van der Waals surface area contributed by atoms with E-state index in [1.807, 2.05) is 13.1 Å². The Bertz CT molecular complexity index is 248. The molecule has 78 valence electrons. The van der Waals surface area contributed by atoms with E-state index in [0.717, 1.165) is 25.5 Å². The molecular formula is C10H18N4.